The number of nitrogens with one attached hydrogen (secondary N) is 2. The van der Waals surface area contributed by atoms with E-state index >= 15 is 0 Å². The minimum Gasteiger partial charge on any atom is -0.438 e. The van der Waals surface area contributed by atoms with E-state index in [0.29, 0.717) is 40.3 Å². The quantitative estimate of drug-likeness (QED) is 0.0367. The summed E-state index contributed by atoms with van der Waals surface area (Å²) in [6.45, 7) is 0.730. The van der Waals surface area contributed by atoms with Crippen molar-refractivity contribution in [3.8, 4) is 34.1 Å². The SMILES string of the molecule is CN(C)Cc1cccc(-c2c(-c3cnn(C)c3)oc3nc(Nc4ccccc4)nc(Oc4ccc(NC(=O)/C(C=O)=C/N(C)N(C)c5ccc(F)cc5)cc4)c23)c1. The molecule has 0 radical (unpaired) electrons. The van der Waals surface area contributed by atoms with Crippen LogP contribution < -0.4 is 20.4 Å². The topological polar surface area (TPSA) is 134 Å². The molecule has 0 aliphatic carbocycles. The standard InChI is InChI=1S/C43H40FN9O4/c1-50(2)24-28-10-9-11-29(22-28)37-38-41(48-43(47-33-12-7-6-8-13-33)49-42(38)57-39(37)30-23-45-51(3)25-30)56-36-20-16-34(17-21-36)46-40(55)31(27-54)26-52(4)53(5)35-18-14-32(44)15-19-35/h6-23,25-27H,24H2,1-5H3,(H,46,55)(H,47,48,49)/b31-26+. The van der Waals surface area contributed by atoms with Crippen LogP contribution in [0.15, 0.2) is 132 Å². The molecule has 0 aliphatic rings. The van der Waals surface area contributed by atoms with Crippen molar-refractivity contribution in [3.63, 3.8) is 0 Å². The van der Waals surface area contributed by atoms with Crippen LogP contribution in [-0.2, 0) is 23.2 Å². The summed E-state index contributed by atoms with van der Waals surface area (Å²) >= 11 is 0. The maximum Gasteiger partial charge on any atom is 0.260 e. The fraction of sp³-hybridized carbons (Fsp3) is 0.140. The van der Waals surface area contributed by atoms with Crippen LogP contribution in [0.25, 0.3) is 33.6 Å². The summed E-state index contributed by atoms with van der Waals surface area (Å²) in [4.78, 5) is 36.9. The first kappa shape index (κ1) is 38.0. The van der Waals surface area contributed by atoms with Crippen LogP contribution >= 0.6 is 0 Å². The number of ether oxygens (including phenoxy) is 1. The third-order valence-corrected chi connectivity index (χ3v) is 8.95. The normalized spacial score (nSPS) is 11.5. The van der Waals surface area contributed by atoms with E-state index in [4.69, 9.17) is 19.1 Å². The summed E-state index contributed by atoms with van der Waals surface area (Å²) in [7, 11) is 9.28. The predicted molar refractivity (Wildman–Crippen MR) is 218 cm³/mol. The third kappa shape index (κ3) is 8.82. The van der Waals surface area contributed by atoms with Crippen molar-refractivity contribution in [1.82, 2.24) is 29.7 Å². The molecule has 7 aromatic rings. The van der Waals surface area contributed by atoms with Crippen LogP contribution in [0.2, 0.25) is 0 Å². The first-order chi connectivity index (χ1) is 27.5. The second-order valence-corrected chi connectivity index (χ2v) is 13.5. The van der Waals surface area contributed by atoms with Crippen molar-refractivity contribution >= 4 is 46.3 Å². The van der Waals surface area contributed by atoms with Gasteiger partial charge in [-0.25, -0.2) is 4.39 Å². The highest BCUT2D eigenvalue weighted by molar-refractivity contribution is 6.16. The summed E-state index contributed by atoms with van der Waals surface area (Å²) in [5.74, 6) is 0.489. The molecule has 1 amide bonds. The van der Waals surface area contributed by atoms with Gasteiger partial charge in [0.25, 0.3) is 5.91 Å². The van der Waals surface area contributed by atoms with Crippen LogP contribution in [0, 0.1) is 5.82 Å². The van der Waals surface area contributed by atoms with Gasteiger partial charge in [-0.3, -0.25) is 24.3 Å². The Hall–Kier alpha value is -7.32. The lowest BCUT2D eigenvalue weighted by atomic mass is 9.99. The Morgan fingerprint density at radius 3 is 2.33 bits per heavy atom. The number of hydrogen-bond donors (Lipinski definition) is 2. The molecule has 4 aromatic carbocycles. The van der Waals surface area contributed by atoms with Crippen molar-refractivity contribution in [2.45, 2.75) is 6.54 Å². The number of benzene rings is 4. The van der Waals surface area contributed by atoms with Crippen molar-refractivity contribution in [1.29, 1.82) is 0 Å². The van der Waals surface area contributed by atoms with Crippen molar-refractivity contribution in [2.24, 2.45) is 7.05 Å². The number of aldehydes is 1. The number of carbonyl (C=O) groups excluding carboxylic acids is 2. The number of aryl methyl sites for hydroxylation is 1. The smallest absolute Gasteiger partial charge is 0.260 e. The van der Waals surface area contributed by atoms with E-state index in [1.807, 2.05) is 69.8 Å². The first-order valence-corrected chi connectivity index (χ1v) is 17.9. The lowest BCUT2D eigenvalue weighted by molar-refractivity contribution is -0.115. The molecule has 288 valence electrons. The number of anilines is 4. The van der Waals surface area contributed by atoms with Crippen LogP contribution in [0.5, 0.6) is 11.6 Å². The Balaban J connectivity index is 1.23. The number of furan rings is 1. The molecule has 0 spiro atoms. The summed E-state index contributed by atoms with van der Waals surface area (Å²) in [6.07, 6.45) is 5.48. The number of rotatable bonds is 14. The van der Waals surface area contributed by atoms with E-state index in [2.05, 4.69) is 32.8 Å². The molecule has 13 nitrogen and oxygen atoms in total. The number of halogens is 1. The minimum atomic E-state index is -0.616. The van der Waals surface area contributed by atoms with E-state index in [1.54, 1.807) is 71.4 Å². The van der Waals surface area contributed by atoms with Gasteiger partial charge in [-0.15, -0.1) is 0 Å². The number of amides is 1. The number of nitrogens with zero attached hydrogens (tertiary/aromatic N) is 7. The number of aromatic nitrogens is 4. The summed E-state index contributed by atoms with van der Waals surface area (Å²) in [6, 6.07) is 30.3. The van der Waals surface area contributed by atoms with Gasteiger partial charge < -0.3 is 24.7 Å². The van der Waals surface area contributed by atoms with Crippen LogP contribution in [0.3, 0.4) is 0 Å². The van der Waals surface area contributed by atoms with Crippen LogP contribution in [0.4, 0.5) is 27.4 Å². The van der Waals surface area contributed by atoms with Gasteiger partial charge in [0.2, 0.25) is 17.5 Å². The molecular weight excluding hydrogens is 726 g/mol. The van der Waals surface area contributed by atoms with E-state index in [-0.39, 0.29) is 23.2 Å². The molecule has 57 heavy (non-hydrogen) atoms. The number of hydrogen-bond acceptors (Lipinski definition) is 11. The molecule has 0 fully saturated rings. The number of fused-ring (bicyclic) bond motifs is 1. The molecule has 2 N–H and O–H groups in total. The predicted octanol–water partition coefficient (Wildman–Crippen LogP) is 8.03. The Morgan fingerprint density at radius 2 is 1.65 bits per heavy atom. The van der Waals surface area contributed by atoms with Crippen LogP contribution in [0.1, 0.15) is 5.56 Å². The first-order valence-electron chi connectivity index (χ1n) is 17.9. The van der Waals surface area contributed by atoms with E-state index in [1.165, 1.54) is 18.3 Å². The molecular formula is C43H40FN9O4. The molecule has 0 unspecified atom stereocenters. The van der Waals surface area contributed by atoms with E-state index in [9.17, 15) is 14.0 Å². The fourth-order valence-corrected chi connectivity index (χ4v) is 6.15. The molecule has 0 aliphatic heterocycles. The second-order valence-electron chi connectivity index (χ2n) is 13.5. The van der Waals surface area contributed by atoms with Gasteiger partial charge in [0.05, 0.1) is 23.0 Å². The maximum absolute atomic E-state index is 13.4. The van der Waals surface area contributed by atoms with Gasteiger partial charge in [0.1, 0.15) is 22.7 Å². The Morgan fingerprint density at radius 1 is 0.895 bits per heavy atom. The zero-order valence-corrected chi connectivity index (χ0v) is 32.0. The Kier molecular flexibility index (Phi) is 11.1. The number of para-hydroxylation sites is 1. The molecule has 3 aromatic heterocycles. The zero-order chi connectivity index (χ0) is 40.1. The van der Waals surface area contributed by atoms with Crippen molar-refractivity contribution in [2.75, 3.05) is 43.8 Å². The molecule has 14 heteroatoms. The summed E-state index contributed by atoms with van der Waals surface area (Å²) in [5.41, 5.74) is 5.52. The molecule has 0 bridgehead atoms. The monoisotopic (exact) mass is 765 g/mol. The number of hydrazine groups is 1. The Bertz CT molecular complexity index is 2550. The van der Waals surface area contributed by atoms with Crippen molar-refractivity contribution < 1.29 is 23.1 Å². The van der Waals surface area contributed by atoms with Crippen molar-refractivity contribution in [3.05, 3.63) is 139 Å². The van der Waals surface area contributed by atoms with Crippen LogP contribution in [-0.4, -0.2) is 70.0 Å². The highest BCUT2D eigenvalue weighted by Crippen LogP contribution is 2.45. The van der Waals surface area contributed by atoms with Gasteiger partial charge in [-0.1, -0.05) is 36.4 Å². The molecule has 0 saturated carbocycles. The molecule has 7 rings (SSSR count). The largest absolute Gasteiger partial charge is 0.438 e. The maximum atomic E-state index is 13.4. The second kappa shape index (κ2) is 16.6. The lowest BCUT2D eigenvalue weighted by Gasteiger charge is -2.29. The summed E-state index contributed by atoms with van der Waals surface area (Å²) in [5, 5.41) is 14.2. The lowest BCUT2D eigenvalue weighted by Crippen LogP contribution is -2.33. The highest BCUT2D eigenvalue weighted by Gasteiger charge is 2.26. The molecule has 0 atom stereocenters. The van der Waals surface area contributed by atoms with E-state index < -0.39 is 5.91 Å². The van der Waals surface area contributed by atoms with Gasteiger partial charge >= 0.3 is 0 Å². The van der Waals surface area contributed by atoms with Gasteiger partial charge in [-0.05, 0) is 92.0 Å². The highest BCUT2D eigenvalue weighted by atomic mass is 19.1. The zero-order valence-electron chi connectivity index (χ0n) is 32.0. The minimum absolute atomic E-state index is 0.125. The summed E-state index contributed by atoms with van der Waals surface area (Å²) < 4.78 is 28.2. The van der Waals surface area contributed by atoms with E-state index in [0.717, 1.165) is 34.5 Å². The molecule has 3 heterocycles. The third-order valence-electron chi connectivity index (χ3n) is 8.95. The van der Waals surface area contributed by atoms with Gasteiger partial charge in [0, 0.05) is 57.0 Å². The van der Waals surface area contributed by atoms with Gasteiger partial charge in [-0.2, -0.15) is 15.1 Å². The number of carbonyl (C=O) groups is 2. The molecule has 0 saturated heterocycles. The Labute approximate surface area is 328 Å². The average molecular weight is 766 g/mol. The van der Waals surface area contributed by atoms with Gasteiger partial charge in [0.15, 0.2) is 6.29 Å². The fourth-order valence-electron chi connectivity index (χ4n) is 6.15. The average Bonchev–Trinajstić information content (AvgIpc) is 3.81.